The zero-order valence-corrected chi connectivity index (χ0v) is 28.4. The first-order valence-electron chi connectivity index (χ1n) is 14.8. The Morgan fingerprint density at radius 3 is 1.52 bits per heavy atom. The fourth-order valence-corrected chi connectivity index (χ4v) is 4.46. The van der Waals surface area contributed by atoms with Gasteiger partial charge in [-0.2, -0.15) is 0 Å². The number of carboxylic acid groups (broad SMARTS) is 1. The number of likely N-dealkylation sites (N-methyl/N-ethyl adjacent to an activating group) is 2. The summed E-state index contributed by atoms with van der Waals surface area (Å²) in [6.45, 7) is 11.6. The van der Waals surface area contributed by atoms with Crippen molar-refractivity contribution >= 4 is 11.9 Å². The molecule has 44 heavy (non-hydrogen) atoms. The molecule has 0 saturated carbocycles. The molecule has 244 valence electrons. The SMILES string of the molecule is CC(C)CC(C(=O)O)n1cccc(CCN(C)C)c1=O.CCOC(=O)C(CC(C)C)n1cccc(CCN(C)C)c1=O.[Li+].[OH-]. The van der Waals surface area contributed by atoms with Gasteiger partial charge in [-0.05, 0) is 84.8 Å². The van der Waals surface area contributed by atoms with Crippen molar-refractivity contribution in [1.29, 1.82) is 0 Å². The number of carboxylic acids is 1. The number of ether oxygens (including phenoxy) is 1. The van der Waals surface area contributed by atoms with Gasteiger partial charge in [-0.3, -0.25) is 9.59 Å². The molecular weight excluding hydrogens is 559 g/mol. The van der Waals surface area contributed by atoms with Gasteiger partial charge in [0.15, 0.2) is 0 Å². The van der Waals surface area contributed by atoms with Gasteiger partial charge in [-0.15, -0.1) is 0 Å². The Hall–Kier alpha value is -2.68. The molecule has 11 nitrogen and oxygen atoms in total. The summed E-state index contributed by atoms with van der Waals surface area (Å²) in [6, 6.07) is 5.85. The Morgan fingerprint density at radius 2 is 1.18 bits per heavy atom. The number of pyridine rings is 2. The summed E-state index contributed by atoms with van der Waals surface area (Å²) < 4.78 is 8.03. The minimum absolute atomic E-state index is 0. The predicted octanol–water partition coefficient (Wildman–Crippen LogP) is 0.554. The molecule has 2 atom stereocenters. The molecule has 0 spiro atoms. The van der Waals surface area contributed by atoms with E-state index in [-0.39, 0.29) is 47.3 Å². The number of carbonyl (C=O) groups excluding carboxylic acids is 1. The number of nitrogens with zero attached hydrogens (tertiary/aromatic N) is 4. The largest absolute Gasteiger partial charge is 1.00 e. The van der Waals surface area contributed by atoms with Crippen LogP contribution in [0.4, 0.5) is 0 Å². The van der Waals surface area contributed by atoms with Gasteiger partial charge < -0.3 is 34.3 Å². The fraction of sp³-hybridized carbons (Fsp3) is 0.625. The van der Waals surface area contributed by atoms with Crippen molar-refractivity contribution in [1.82, 2.24) is 18.9 Å². The second kappa shape index (κ2) is 21.9. The molecule has 2 unspecified atom stereocenters. The maximum Gasteiger partial charge on any atom is 1.00 e. The van der Waals surface area contributed by atoms with Gasteiger partial charge in [0.1, 0.15) is 12.1 Å². The van der Waals surface area contributed by atoms with Gasteiger partial charge >= 0.3 is 30.8 Å². The fourth-order valence-electron chi connectivity index (χ4n) is 4.46. The van der Waals surface area contributed by atoms with Crippen molar-refractivity contribution in [3.8, 4) is 0 Å². The smallest absolute Gasteiger partial charge is 0.870 e. The van der Waals surface area contributed by atoms with E-state index < -0.39 is 18.1 Å². The van der Waals surface area contributed by atoms with Crippen LogP contribution in [-0.4, -0.2) is 89.3 Å². The van der Waals surface area contributed by atoms with E-state index in [4.69, 9.17) is 4.74 Å². The number of carbonyl (C=O) groups is 2. The van der Waals surface area contributed by atoms with Crippen LogP contribution in [0.1, 0.15) is 70.7 Å². The van der Waals surface area contributed by atoms with Crippen molar-refractivity contribution in [2.45, 2.75) is 72.4 Å². The van der Waals surface area contributed by atoms with E-state index in [1.807, 2.05) is 77.8 Å². The Balaban J connectivity index is 0. The number of aromatic nitrogens is 2. The molecular formula is C32H53LiN4O7. The normalized spacial score (nSPS) is 12.2. The molecule has 2 rings (SSSR count). The minimum atomic E-state index is -0.953. The predicted molar refractivity (Wildman–Crippen MR) is 169 cm³/mol. The second-order valence-corrected chi connectivity index (χ2v) is 12.0. The number of esters is 1. The first kappa shape index (κ1) is 43.4. The van der Waals surface area contributed by atoms with Crippen molar-refractivity contribution in [3.63, 3.8) is 0 Å². The van der Waals surface area contributed by atoms with E-state index in [9.17, 15) is 24.3 Å². The number of hydrogen-bond acceptors (Lipinski definition) is 8. The van der Waals surface area contributed by atoms with Crippen LogP contribution in [0.5, 0.6) is 0 Å². The Morgan fingerprint density at radius 1 is 0.795 bits per heavy atom. The standard InChI is InChI=1S/C17H28N2O3.C15H24N2O3.Li.H2O/c1-6-22-17(21)15(12-13(2)3)19-10-7-8-14(16(19)20)9-11-18(4)5;1-11(2)10-13(15(19)20)17-8-5-6-12(14(17)18)7-9-16(3)4;;/h7-8,10,13,15H,6,9,11-12H2,1-5H3;5-6,8,11,13H,7,9-10H2,1-4H3,(H,19,20);;1H2/q;;+1;/p-1. The molecule has 2 aromatic heterocycles. The summed E-state index contributed by atoms with van der Waals surface area (Å²) in [5.41, 5.74) is 1.11. The topological polar surface area (TPSA) is 144 Å². The molecule has 0 amide bonds. The molecule has 0 aromatic carbocycles. The van der Waals surface area contributed by atoms with Gasteiger partial charge in [0.05, 0.1) is 6.61 Å². The van der Waals surface area contributed by atoms with Crippen LogP contribution in [0.3, 0.4) is 0 Å². The Kier molecular flexibility index (Phi) is 21.6. The molecule has 2 N–H and O–H groups in total. The van der Waals surface area contributed by atoms with Crippen LogP contribution in [-0.2, 0) is 27.2 Å². The summed E-state index contributed by atoms with van der Waals surface area (Å²) in [6.07, 6.45) is 5.60. The van der Waals surface area contributed by atoms with Crippen LogP contribution < -0.4 is 30.0 Å². The van der Waals surface area contributed by atoms with Crippen molar-refractivity contribution < 1.29 is 43.8 Å². The minimum Gasteiger partial charge on any atom is -0.870 e. The van der Waals surface area contributed by atoms with Crippen molar-refractivity contribution in [2.24, 2.45) is 11.8 Å². The summed E-state index contributed by atoms with van der Waals surface area (Å²) in [7, 11) is 7.84. The first-order valence-corrected chi connectivity index (χ1v) is 14.8. The third-order valence-corrected chi connectivity index (χ3v) is 6.67. The molecule has 0 fully saturated rings. The molecule has 0 aliphatic carbocycles. The number of rotatable bonds is 15. The third-order valence-electron chi connectivity index (χ3n) is 6.67. The van der Waals surface area contributed by atoms with Gasteiger partial charge in [-0.25, -0.2) is 9.59 Å². The summed E-state index contributed by atoms with van der Waals surface area (Å²) in [5, 5.41) is 9.34. The van der Waals surface area contributed by atoms with E-state index in [1.54, 1.807) is 31.5 Å². The molecule has 12 heteroatoms. The van der Waals surface area contributed by atoms with Crippen molar-refractivity contribution in [2.75, 3.05) is 47.9 Å². The first-order chi connectivity index (χ1) is 19.7. The van der Waals surface area contributed by atoms with Crippen LogP contribution in [0.25, 0.3) is 0 Å². The molecule has 0 aliphatic heterocycles. The van der Waals surface area contributed by atoms with Crippen LogP contribution in [0.2, 0.25) is 0 Å². The maximum absolute atomic E-state index is 12.6. The monoisotopic (exact) mass is 612 g/mol. The van der Waals surface area contributed by atoms with Crippen molar-refractivity contribution in [3.05, 3.63) is 68.5 Å². The maximum atomic E-state index is 12.6. The molecule has 2 heterocycles. The van der Waals surface area contributed by atoms with Gasteiger partial charge in [0, 0.05) is 36.6 Å². The quantitative estimate of drug-likeness (QED) is 0.225. The number of hydrogen-bond donors (Lipinski definition) is 1. The average molecular weight is 613 g/mol. The van der Waals surface area contributed by atoms with Gasteiger partial charge in [0.25, 0.3) is 11.1 Å². The van der Waals surface area contributed by atoms with E-state index in [1.165, 1.54) is 9.13 Å². The third kappa shape index (κ3) is 14.9. The van der Waals surface area contributed by atoms with Gasteiger partial charge in [0.2, 0.25) is 0 Å². The van der Waals surface area contributed by atoms with E-state index >= 15 is 0 Å². The van der Waals surface area contributed by atoms with Crippen LogP contribution in [0, 0.1) is 11.8 Å². The Bertz CT molecular complexity index is 1240. The molecule has 0 aliphatic rings. The molecule has 0 saturated heterocycles. The van der Waals surface area contributed by atoms with Gasteiger partial charge in [-0.1, -0.05) is 39.8 Å². The Labute approximate surface area is 274 Å². The van der Waals surface area contributed by atoms with E-state index in [0.29, 0.717) is 43.8 Å². The number of aliphatic carboxylic acids is 1. The van der Waals surface area contributed by atoms with E-state index in [2.05, 4.69) is 0 Å². The summed E-state index contributed by atoms with van der Waals surface area (Å²) in [4.78, 5) is 52.7. The summed E-state index contributed by atoms with van der Waals surface area (Å²) in [5.74, 6) is -0.770. The second-order valence-electron chi connectivity index (χ2n) is 12.0. The average Bonchev–Trinajstić information content (AvgIpc) is 2.89. The molecule has 0 bridgehead atoms. The summed E-state index contributed by atoms with van der Waals surface area (Å²) >= 11 is 0. The zero-order chi connectivity index (χ0) is 32.0. The van der Waals surface area contributed by atoms with E-state index in [0.717, 1.165) is 18.7 Å². The zero-order valence-electron chi connectivity index (χ0n) is 28.4. The van der Waals surface area contributed by atoms with Crippen LogP contribution >= 0.6 is 0 Å². The van der Waals surface area contributed by atoms with Crippen LogP contribution in [0.15, 0.2) is 46.2 Å². The molecule has 2 aromatic rings. The molecule has 0 radical (unpaired) electrons.